The third-order valence-electron chi connectivity index (χ3n) is 4.60. The number of amides is 1. The molecular formula is C22H26N2OS. The van der Waals surface area contributed by atoms with Crippen LogP contribution in [0.15, 0.2) is 71.1 Å². The molecule has 1 unspecified atom stereocenters. The molecular weight excluding hydrogens is 340 g/mol. The van der Waals surface area contributed by atoms with Gasteiger partial charge < -0.3 is 11.1 Å². The van der Waals surface area contributed by atoms with Crippen molar-refractivity contribution in [3.05, 3.63) is 71.8 Å². The number of benzene rings is 2. The monoisotopic (exact) mass is 366 g/mol. The van der Waals surface area contributed by atoms with E-state index in [0.29, 0.717) is 6.54 Å². The van der Waals surface area contributed by atoms with Crippen molar-refractivity contribution in [1.82, 2.24) is 5.32 Å². The number of anilines is 1. The lowest BCUT2D eigenvalue weighted by Crippen LogP contribution is -2.29. The van der Waals surface area contributed by atoms with E-state index in [1.54, 1.807) is 11.8 Å². The SMILES string of the molecule is Nc1ccc(SC(C(=O)NCCC2=CCCCC2)c2ccccc2)cc1. The van der Waals surface area contributed by atoms with Crippen LogP contribution in [0.5, 0.6) is 0 Å². The fourth-order valence-electron chi connectivity index (χ4n) is 3.15. The predicted molar refractivity (Wildman–Crippen MR) is 110 cm³/mol. The van der Waals surface area contributed by atoms with E-state index in [0.717, 1.165) is 22.6 Å². The van der Waals surface area contributed by atoms with E-state index in [4.69, 9.17) is 5.73 Å². The van der Waals surface area contributed by atoms with E-state index in [1.807, 2.05) is 54.6 Å². The molecule has 4 heteroatoms. The van der Waals surface area contributed by atoms with Gasteiger partial charge in [0.1, 0.15) is 5.25 Å². The van der Waals surface area contributed by atoms with E-state index >= 15 is 0 Å². The smallest absolute Gasteiger partial charge is 0.238 e. The third kappa shape index (κ3) is 5.40. The van der Waals surface area contributed by atoms with Crippen LogP contribution in [-0.4, -0.2) is 12.5 Å². The molecule has 1 aliphatic carbocycles. The highest BCUT2D eigenvalue weighted by Gasteiger charge is 2.21. The van der Waals surface area contributed by atoms with Crippen LogP contribution in [0.4, 0.5) is 5.69 Å². The number of hydrogen-bond donors (Lipinski definition) is 2. The Morgan fingerprint density at radius 3 is 2.54 bits per heavy atom. The first-order valence-electron chi connectivity index (χ1n) is 9.25. The Morgan fingerprint density at radius 1 is 1.08 bits per heavy atom. The van der Waals surface area contributed by atoms with Crippen molar-refractivity contribution >= 4 is 23.4 Å². The molecule has 0 aliphatic heterocycles. The van der Waals surface area contributed by atoms with Gasteiger partial charge in [-0.1, -0.05) is 42.0 Å². The van der Waals surface area contributed by atoms with E-state index < -0.39 is 0 Å². The third-order valence-corrected chi connectivity index (χ3v) is 5.87. The Kier molecular flexibility index (Phi) is 6.78. The molecule has 3 nitrogen and oxygen atoms in total. The highest BCUT2D eigenvalue weighted by Crippen LogP contribution is 2.35. The minimum Gasteiger partial charge on any atom is -0.399 e. The summed E-state index contributed by atoms with van der Waals surface area (Å²) in [6.07, 6.45) is 8.23. The van der Waals surface area contributed by atoms with Crippen molar-refractivity contribution in [1.29, 1.82) is 0 Å². The number of nitrogen functional groups attached to an aromatic ring is 1. The normalized spacial score (nSPS) is 15.2. The van der Waals surface area contributed by atoms with Gasteiger partial charge in [-0.25, -0.2) is 0 Å². The maximum atomic E-state index is 12.9. The molecule has 2 aromatic rings. The molecule has 0 heterocycles. The molecule has 136 valence electrons. The minimum atomic E-state index is -0.264. The van der Waals surface area contributed by atoms with Crippen LogP contribution >= 0.6 is 11.8 Å². The highest BCUT2D eigenvalue weighted by atomic mass is 32.2. The summed E-state index contributed by atoms with van der Waals surface area (Å²) in [6, 6.07) is 17.6. The first-order chi connectivity index (χ1) is 12.7. The summed E-state index contributed by atoms with van der Waals surface area (Å²) in [5.74, 6) is 0.0643. The van der Waals surface area contributed by atoms with E-state index in [2.05, 4.69) is 11.4 Å². The number of nitrogens with one attached hydrogen (secondary N) is 1. The van der Waals surface area contributed by atoms with Crippen molar-refractivity contribution in [2.24, 2.45) is 0 Å². The standard InChI is InChI=1S/C22H26N2OS/c23-19-11-13-20(14-12-19)26-21(18-9-5-2-6-10-18)22(25)24-16-15-17-7-3-1-4-8-17/h2,5-7,9-14,21H,1,3-4,8,15-16,23H2,(H,24,25). The largest absolute Gasteiger partial charge is 0.399 e. The fraction of sp³-hybridized carbons (Fsp3) is 0.318. The Morgan fingerprint density at radius 2 is 1.85 bits per heavy atom. The van der Waals surface area contributed by atoms with Crippen LogP contribution in [0, 0.1) is 0 Å². The first-order valence-corrected chi connectivity index (χ1v) is 10.1. The Balaban J connectivity index is 1.65. The van der Waals surface area contributed by atoms with Crippen molar-refractivity contribution in [3.63, 3.8) is 0 Å². The Labute approximate surface area is 160 Å². The van der Waals surface area contributed by atoms with Crippen molar-refractivity contribution < 1.29 is 4.79 Å². The molecule has 26 heavy (non-hydrogen) atoms. The van der Waals surface area contributed by atoms with Crippen LogP contribution in [0.1, 0.15) is 42.9 Å². The molecule has 2 aromatic carbocycles. The molecule has 1 amide bonds. The van der Waals surface area contributed by atoms with Crippen LogP contribution in [0.25, 0.3) is 0 Å². The Bertz CT molecular complexity index is 740. The zero-order chi connectivity index (χ0) is 18.2. The van der Waals surface area contributed by atoms with E-state index in [1.165, 1.54) is 31.3 Å². The van der Waals surface area contributed by atoms with Gasteiger partial charge in [0.2, 0.25) is 5.91 Å². The molecule has 0 spiro atoms. The zero-order valence-corrected chi connectivity index (χ0v) is 15.8. The van der Waals surface area contributed by atoms with E-state index in [9.17, 15) is 4.79 Å². The van der Waals surface area contributed by atoms with Gasteiger partial charge in [0.25, 0.3) is 0 Å². The summed E-state index contributed by atoms with van der Waals surface area (Å²) in [7, 11) is 0. The number of rotatable bonds is 7. The number of thioether (sulfide) groups is 1. The minimum absolute atomic E-state index is 0.0643. The van der Waals surface area contributed by atoms with Gasteiger partial charge in [-0.05, 0) is 61.9 Å². The molecule has 0 radical (unpaired) electrons. The highest BCUT2D eigenvalue weighted by molar-refractivity contribution is 8.00. The topological polar surface area (TPSA) is 55.1 Å². The van der Waals surface area contributed by atoms with Gasteiger partial charge >= 0.3 is 0 Å². The molecule has 1 atom stereocenters. The van der Waals surface area contributed by atoms with Crippen LogP contribution in [-0.2, 0) is 4.79 Å². The van der Waals surface area contributed by atoms with Gasteiger partial charge in [-0.2, -0.15) is 0 Å². The summed E-state index contributed by atoms with van der Waals surface area (Å²) in [5, 5.41) is 2.87. The molecule has 0 bridgehead atoms. The molecule has 0 aromatic heterocycles. The van der Waals surface area contributed by atoms with Crippen LogP contribution < -0.4 is 11.1 Å². The number of allylic oxidation sites excluding steroid dienone is 1. The number of hydrogen-bond acceptors (Lipinski definition) is 3. The Hall–Kier alpha value is -2.20. The second kappa shape index (κ2) is 9.48. The second-order valence-electron chi connectivity index (χ2n) is 6.63. The molecule has 3 rings (SSSR count). The van der Waals surface area contributed by atoms with Crippen molar-refractivity contribution in [2.75, 3.05) is 12.3 Å². The van der Waals surface area contributed by atoms with Gasteiger partial charge in [-0.15, -0.1) is 11.8 Å². The summed E-state index contributed by atoms with van der Waals surface area (Å²) >= 11 is 1.56. The summed E-state index contributed by atoms with van der Waals surface area (Å²) in [5.41, 5.74) is 9.01. The molecule has 0 saturated heterocycles. The zero-order valence-electron chi connectivity index (χ0n) is 15.0. The molecule has 1 aliphatic rings. The molecule has 3 N–H and O–H groups in total. The quantitative estimate of drug-likeness (QED) is 0.407. The number of carbonyl (C=O) groups is 1. The van der Waals surface area contributed by atoms with Crippen LogP contribution in [0.2, 0.25) is 0 Å². The number of nitrogens with two attached hydrogens (primary N) is 1. The van der Waals surface area contributed by atoms with E-state index in [-0.39, 0.29) is 11.2 Å². The molecule has 0 fully saturated rings. The second-order valence-corrected chi connectivity index (χ2v) is 7.81. The van der Waals surface area contributed by atoms with Gasteiger partial charge in [-0.3, -0.25) is 4.79 Å². The summed E-state index contributed by atoms with van der Waals surface area (Å²) < 4.78 is 0. The lowest BCUT2D eigenvalue weighted by molar-refractivity contribution is -0.120. The average Bonchev–Trinajstić information content (AvgIpc) is 2.69. The maximum Gasteiger partial charge on any atom is 0.238 e. The van der Waals surface area contributed by atoms with Gasteiger partial charge in [0, 0.05) is 17.1 Å². The van der Waals surface area contributed by atoms with Crippen molar-refractivity contribution in [3.8, 4) is 0 Å². The maximum absolute atomic E-state index is 12.9. The van der Waals surface area contributed by atoms with Crippen molar-refractivity contribution in [2.45, 2.75) is 42.2 Å². The lowest BCUT2D eigenvalue weighted by Gasteiger charge is -2.18. The fourth-order valence-corrected chi connectivity index (χ4v) is 4.20. The summed E-state index contributed by atoms with van der Waals surface area (Å²) in [6.45, 7) is 0.705. The first kappa shape index (κ1) is 18.6. The van der Waals surface area contributed by atoms with Crippen LogP contribution in [0.3, 0.4) is 0 Å². The lowest BCUT2D eigenvalue weighted by atomic mass is 9.97. The summed E-state index contributed by atoms with van der Waals surface area (Å²) in [4.78, 5) is 13.9. The number of carbonyl (C=O) groups excluding carboxylic acids is 1. The average molecular weight is 367 g/mol. The van der Waals surface area contributed by atoms with Gasteiger partial charge in [0.15, 0.2) is 0 Å². The predicted octanol–water partition coefficient (Wildman–Crippen LogP) is 5.11. The van der Waals surface area contributed by atoms with Gasteiger partial charge in [0.05, 0.1) is 0 Å². The molecule has 0 saturated carbocycles.